The van der Waals surface area contributed by atoms with Crippen LogP contribution in [0.1, 0.15) is 11.1 Å². The molecule has 0 saturated heterocycles. The predicted molar refractivity (Wildman–Crippen MR) is 97.5 cm³/mol. The number of hydrogen-bond donors (Lipinski definition) is 4. The van der Waals surface area contributed by atoms with Gasteiger partial charge in [-0.05, 0) is 0 Å². The summed E-state index contributed by atoms with van der Waals surface area (Å²) in [6.07, 6.45) is 0.494. The molecule has 0 aliphatic carbocycles. The summed E-state index contributed by atoms with van der Waals surface area (Å²) in [6, 6.07) is 10.9. The quantitative estimate of drug-likeness (QED) is 0.330. The molecule has 2 aromatic rings. The molecule has 0 aliphatic heterocycles. The fourth-order valence-electron chi connectivity index (χ4n) is 2.19. The van der Waals surface area contributed by atoms with Gasteiger partial charge in [-0.2, -0.15) is 0 Å². The summed E-state index contributed by atoms with van der Waals surface area (Å²) >= 11 is -2.43. The number of nitrogens with two attached hydrogens (primary N) is 2. The van der Waals surface area contributed by atoms with Crippen molar-refractivity contribution < 1.29 is 25.2 Å². The normalized spacial score (nSPS) is 12.8. The SMILES string of the molecule is N[C@@H](Cc1ccc(O)cc1)C(=O)[O][Pb][O]C(=O)[C@@H](N)Cc1ccc(O)cc1. The van der Waals surface area contributed by atoms with Gasteiger partial charge in [-0.25, -0.2) is 0 Å². The summed E-state index contributed by atoms with van der Waals surface area (Å²) in [5.41, 5.74) is 13.1. The summed E-state index contributed by atoms with van der Waals surface area (Å²) in [4.78, 5) is 23.8. The van der Waals surface area contributed by atoms with Crippen LogP contribution in [0.25, 0.3) is 0 Å². The molecule has 2 aromatic carbocycles. The summed E-state index contributed by atoms with van der Waals surface area (Å²) < 4.78 is 10.1. The molecule has 0 bridgehead atoms. The first-order valence-corrected chi connectivity index (χ1v) is 11.3. The molecule has 0 aromatic heterocycles. The standard InChI is InChI=1S/2C9H11NO3.Pb/c2*10-8(9(12)13)5-6-1-3-7(11)4-2-6;/h2*1-4,8,11H,5,10H2,(H,12,13);/q;;+2/p-2/t2*8-;/m00./s1. The number of phenols is 2. The Hall–Kier alpha value is -2.18. The number of carbonyl (C=O) groups is 2. The van der Waals surface area contributed by atoms with Crippen LogP contribution >= 0.6 is 0 Å². The maximum absolute atomic E-state index is 11.9. The molecule has 9 heteroatoms. The first kappa shape index (κ1) is 21.1. The van der Waals surface area contributed by atoms with E-state index in [1.54, 1.807) is 24.3 Å². The molecule has 2 rings (SSSR count). The van der Waals surface area contributed by atoms with Gasteiger partial charge in [0.25, 0.3) is 0 Å². The van der Waals surface area contributed by atoms with Gasteiger partial charge in [0.15, 0.2) is 0 Å². The number of phenolic OH excluding ortho intramolecular Hbond substituents is 2. The van der Waals surface area contributed by atoms with E-state index >= 15 is 0 Å². The third-order valence-corrected chi connectivity index (χ3v) is 5.89. The van der Waals surface area contributed by atoms with Crippen LogP contribution in [0, 0.1) is 0 Å². The van der Waals surface area contributed by atoms with Crippen molar-refractivity contribution in [2.75, 3.05) is 0 Å². The minimum atomic E-state index is -2.43. The van der Waals surface area contributed by atoms with Gasteiger partial charge in [-0.15, -0.1) is 0 Å². The van der Waals surface area contributed by atoms with Crippen molar-refractivity contribution in [3.05, 3.63) is 59.7 Å². The Morgan fingerprint density at radius 3 is 1.44 bits per heavy atom. The van der Waals surface area contributed by atoms with Crippen LogP contribution in [0.2, 0.25) is 0 Å². The fraction of sp³-hybridized carbons (Fsp3) is 0.222. The van der Waals surface area contributed by atoms with Crippen LogP contribution in [0.15, 0.2) is 48.5 Å². The van der Waals surface area contributed by atoms with Crippen LogP contribution in [-0.4, -0.2) is 59.4 Å². The number of rotatable bonds is 8. The number of carbonyl (C=O) groups excluding carboxylic acids is 2. The molecule has 2 radical (unpaired) electrons. The van der Waals surface area contributed by atoms with E-state index in [-0.39, 0.29) is 24.3 Å². The van der Waals surface area contributed by atoms with Gasteiger partial charge in [0.05, 0.1) is 0 Å². The molecule has 0 saturated carbocycles. The van der Waals surface area contributed by atoms with Crippen molar-refractivity contribution in [2.24, 2.45) is 11.5 Å². The number of benzene rings is 2. The summed E-state index contributed by atoms with van der Waals surface area (Å²) in [6.45, 7) is 0. The third-order valence-electron chi connectivity index (χ3n) is 3.67. The van der Waals surface area contributed by atoms with E-state index in [0.29, 0.717) is 0 Å². The van der Waals surface area contributed by atoms with Crippen LogP contribution < -0.4 is 11.5 Å². The zero-order valence-electron chi connectivity index (χ0n) is 14.4. The molecule has 6 N–H and O–H groups in total. The van der Waals surface area contributed by atoms with Gasteiger partial charge in [-0.3, -0.25) is 0 Å². The van der Waals surface area contributed by atoms with Gasteiger partial charge in [0.1, 0.15) is 0 Å². The van der Waals surface area contributed by atoms with Crippen LogP contribution in [-0.2, 0) is 27.8 Å². The molecular formula is C18H20N2O6Pb. The second kappa shape index (κ2) is 10.2. The Kier molecular flexibility index (Phi) is 8.01. The second-order valence-electron chi connectivity index (χ2n) is 5.88. The van der Waals surface area contributed by atoms with E-state index in [0.717, 1.165) is 11.1 Å². The summed E-state index contributed by atoms with van der Waals surface area (Å²) in [7, 11) is 0. The molecule has 0 heterocycles. The molecule has 0 unspecified atom stereocenters. The predicted octanol–water partition coefficient (Wildman–Crippen LogP) is 0.158. The summed E-state index contributed by atoms with van der Waals surface area (Å²) in [5.74, 6) is -1.01. The molecule has 27 heavy (non-hydrogen) atoms. The Labute approximate surface area is 169 Å². The van der Waals surface area contributed by atoms with E-state index in [1.807, 2.05) is 0 Å². The fourth-order valence-corrected chi connectivity index (χ4v) is 4.17. The van der Waals surface area contributed by atoms with E-state index in [4.69, 9.17) is 16.8 Å². The molecule has 2 atom stereocenters. The number of hydrogen-bond acceptors (Lipinski definition) is 8. The van der Waals surface area contributed by atoms with Crippen molar-refractivity contribution in [2.45, 2.75) is 24.9 Å². The average Bonchev–Trinajstić information content (AvgIpc) is 2.65. The van der Waals surface area contributed by atoms with E-state index in [2.05, 4.69) is 0 Å². The summed E-state index contributed by atoms with van der Waals surface area (Å²) in [5, 5.41) is 18.5. The van der Waals surface area contributed by atoms with Gasteiger partial charge in [0, 0.05) is 0 Å². The zero-order valence-corrected chi connectivity index (χ0v) is 18.3. The first-order chi connectivity index (χ1) is 12.8. The van der Waals surface area contributed by atoms with Crippen LogP contribution in [0.5, 0.6) is 11.5 Å². The monoisotopic (exact) mass is 568 g/mol. The van der Waals surface area contributed by atoms with Gasteiger partial charge < -0.3 is 0 Å². The third kappa shape index (κ3) is 7.15. The molecule has 142 valence electrons. The minimum absolute atomic E-state index is 0.126. The van der Waals surface area contributed by atoms with Crippen molar-refractivity contribution in [3.63, 3.8) is 0 Å². The Bertz CT molecular complexity index is 701. The van der Waals surface area contributed by atoms with Gasteiger partial charge >= 0.3 is 170 Å². The van der Waals surface area contributed by atoms with E-state index in [9.17, 15) is 19.8 Å². The van der Waals surface area contributed by atoms with Crippen molar-refractivity contribution in [1.29, 1.82) is 0 Å². The second-order valence-corrected chi connectivity index (χ2v) is 8.11. The Morgan fingerprint density at radius 2 is 1.11 bits per heavy atom. The van der Waals surface area contributed by atoms with Crippen molar-refractivity contribution >= 4 is 37.1 Å². The first-order valence-electron chi connectivity index (χ1n) is 8.08. The molecule has 0 amide bonds. The van der Waals surface area contributed by atoms with Gasteiger partial charge in [-0.1, -0.05) is 0 Å². The molecule has 0 spiro atoms. The number of aromatic hydroxyl groups is 2. The molecular weight excluding hydrogens is 547 g/mol. The molecule has 0 fully saturated rings. The van der Waals surface area contributed by atoms with E-state index < -0.39 is 49.2 Å². The van der Waals surface area contributed by atoms with Gasteiger partial charge in [0.2, 0.25) is 0 Å². The van der Waals surface area contributed by atoms with Crippen LogP contribution in [0.4, 0.5) is 0 Å². The Morgan fingerprint density at radius 1 is 0.778 bits per heavy atom. The molecule has 8 nitrogen and oxygen atoms in total. The topological polar surface area (TPSA) is 145 Å². The zero-order chi connectivity index (χ0) is 19.8. The van der Waals surface area contributed by atoms with E-state index in [1.165, 1.54) is 24.3 Å². The van der Waals surface area contributed by atoms with Crippen molar-refractivity contribution in [1.82, 2.24) is 0 Å². The maximum atomic E-state index is 11.9. The Balaban J connectivity index is 1.72. The van der Waals surface area contributed by atoms with Crippen molar-refractivity contribution in [3.8, 4) is 11.5 Å². The average molecular weight is 568 g/mol. The van der Waals surface area contributed by atoms with Crippen LogP contribution in [0.3, 0.4) is 0 Å². The molecule has 0 aliphatic rings.